The number of hydrogen-bond acceptors (Lipinski definition) is 5. The van der Waals surface area contributed by atoms with Gasteiger partial charge < -0.3 is 19.7 Å². The Kier molecular flexibility index (Phi) is 8.44. The van der Waals surface area contributed by atoms with Crippen molar-refractivity contribution in [2.24, 2.45) is 7.05 Å². The van der Waals surface area contributed by atoms with E-state index in [0.717, 1.165) is 24.2 Å². The quantitative estimate of drug-likeness (QED) is 0.501. The Balaban J connectivity index is 1.71. The average molecular weight is 508 g/mol. The van der Waals surface area contributed by atoms with Gasteiger partial charge >= 0.3 is 0 Å². The predicted molar refractivity (Wildman–Crippen MR) is 141 cm³/mol. The number of nitrogens with one attached hydrogen (secondary N) is 1. The summed E-state index contributed by atoms with van der Waals surface area (Å²) in [7, 11) is 1.80. The molecule has 1 aromatic heterocycles. The monoisotopic (exact) mass is 507 g/mol. The molecular formula is C28H30ClN3O4. The lowest BCUT2D eigenvalue weighted by Gasteiger charge is -2.26. The Bertz CT molecular complexity index is 1360. The molecule has 0 bridgehead atoms. The first-order chi connectivity index (χ1) is 17.3. The molecular weight excluding hydrogens is 478 g/mol. The molecule has 3 aromatic rings. The highest BCUT2D eigenvalue weighted by Gasteiger charge is 2.18. The van der Waals surface area contributed by atoms with E-state index in [1.54, 1.807) is 36.9 Å². The third-order valence-corrected chi connectivity index (χ3v) is 6.33. The van der Waals surface area contributed by atoms with Gasteiger partial charge in [-0.1, -0.05) is 35.6 Å². The van der Waals surface area contributed by atoms with E-state index in [-0.39, 0.29) is 17.5 Å². The van der Waals surface area contributed by atoms with Crippen molar-refractivity contribution in [3.63, 3.8) is 0 Å². The number of ether oxygens (including phenoxy) is 1. The maximum atomic E-state index is 13.5. The van der Waals surface area contributed by atoms with Crippen LogP contribution in [0.4, 0.5) is 0 Å². The van der Waals surface area contributed by atoms with Crippen molar-refractivity contribution < 1.29 is 14.6 Å². The number of benzene rings is 2. The van der Waals surface area contributed by atoms with E-state index in [1.807, 2.05) is 24.3 Å². The Morgan fingerprint density at radius 1 is 1.19 bits per heavy atom. The van der Waals surface area contributed by atoms with Crippen LogP contribution in [-0.2, 0) is 24.9 Å². The molecule has 0 spiro atoms. The average Bonchev–Trinajstić information content (AvgIpc) is 2.86. The predicted octanol–water partition coefficient (Wildman–Crippen LogP) is 3.08. The summed E-state index contributed by atoms with van der Waals surface area (Å²) in [5, 5.41) is 13.5. The number of hydrogen-bond donors (Lipinski definition) is 2. The molecule has 0 radical (unpaired) electrons. The van der Waals surface area contributed by atoms with E-state index < -0.39 is 12.0 Å². The van der Waals surface area contributed by atoms with Crippen LogP contribution in [0.3, 0.4) is 0 Å². The summed E-state index contributed by atoms with van der Waals surface area (Å²) in [5.41, 5.74) is 2.93. The van der Waals surface area contributed by atoms with Crippen molar-refractivity contribution in [1.82, 2.24) is 14.8 Å². The number of aryl methyl sites for hydroxylation is 1. The van der Waals surface area contributed by atoms with Gasteiger partial charge in [0.15, 0.2) is 0 Å². The molecule has 36 heavy (non-hydrogen) atoms. The van der Waals surface area contributed by atoms with Gasteiger partial charge in [0.2, 0.25) is 5.43 Å². The first-order valence-electron chi connectivity index (χ1n) is 12.0. The van der Waals surface area contributed by atoms with Gasteiger partial charge in [-0.15, -0.1) is 0 Å². The minimum absolute atomic E-state index is 0.0744. The molecule has 1 aliphatic rings. The van der Waals surface area contributed by atoms with E-state index in [1.165, 1.54) is 0 Å². The number of aliphatic hydroxyl groups is 1. The number of aliphatic hydroxyl groups excluding tert-OH is 1. The number of fused-ring (bicyclic) bond motifs is 1. The molecule has 4 rings (SSSR count). The Morgan fingerprint density at radius 2 is 1.92 bits per heavy atom. The molecule has 7 nitrogen and oxygen atoms in total. The summed E-state index contributed by atoms with van der Waals surface area (Å²) in [6.45, 7) is 5.60. The van der Waals surface area contributed by atoms with E-state index in [9.17, 15) is 14.7 Å². The minimum Gasteiger partial charge on any atom is -0.392 e. The first-order valence-corrected chi connectivity index (χ1v) is 12.4. The highest BCUT2D eigenvalue weighted by Crippen LogP contribution is 2.21. The maximum absolute atomic E-state index is 13.5. The molecule has 188 valence electrons. The number of nitrogens with zero attached hydrogens (tertiary/aromatic N) is 2. The van der Waals surface area contributed by atoms with Gasteiger partial charge in [-0.3, -0.25) is 14.5 Å². The SMILES string of the molecule is C[C@@H](O)CC#Cc1cc(CN2CCOCC2)cc2c(=O)c(C(=O)NCc3ccc(Cl)cc3)cn(C)c12. The molecule has 0 saturated carbocycles. The van der Waals surface area contributed by atoms with Crippen LogP contribution in [-0.4, -0.2) is 52.9 Å². The number of carbonyl (C=O) groups is 1. The van der Waals surface area contributed by atoms with Crippen LogP contribution in [0, 0.1) is 11.8 Å². The molecule has 0 aliphatic carbocycles. The summed E-state index contributed by atoms with van der Waals surface area (Å²) in [6.07, 6.45) is 1.34. The van der Waals surface area contributed by atoms with Crippen molar-refractivity contribution in [1.29, 1.82) is 0 Å². The number of pyridine rings is 1. The zero-order valence-electron chi connectivity index (χ0n) is 20.5. The van der Waals surface area contributed by atoms with Crippen LogP contribution in [0.2, 0.25) is 5.02 Å². The zero-order valence-corrected chi connectivity index (χ0v) is 21.3. The standard InChI is InChI=1S/C28H30ClN3O4/c1-19(33)4-3-5-22-14-21(17-32-10-12-36-13-11-32)15-24-26(22)31(2)18-25(27(24)34)28(35)30-16-20-6-8-23(29)9-7-20/h6-9,14-15,18-19,33H,4,10-13,16-17H2,1-2H3,(H,30,35)/t19-/m1/s1. The van der Waals surface area contributed by atoms with Gasteiger partial charge in [-0.25, -0.2) is 0 Å². The molecule has 1 atom stereocenters. The van der Waals surface area contributed by atoms with Crippen molar-refractivity contribution in [2.45, 2.75) is 32.5 Å². The summed E-state index contributed by atoms with van der Waals surface area (Å²) in [4.78, 5) is 28.8. The van der Waals surface area contributed by atoms with Gasteiger partial charge in [0.05, 0.1) is 24.8 Å². The van der Waals surface area contributed by atoms with Crippen LogP contribution in [0.1, 0.15) is 40.4 Å². The molecule has 8 heteroatoms. The van der Waals surface area contributed by atoms with Gasteiger partial charge in [0.25, 0.3) is 5.91 Å². The number of halogens is 1. The van der Waals surface area contributed by atoms with Crippen LogP contribution < -0.4 is 10.7 Å². The summed E-state index contributed by atoms with van der Waals surface area (Å²) in [5.74, 6) is 5.72. The van der Waals surface area contributed by atoms with Crippen LogP contribution >= 0.6 is 11.6 Å². The number of rotatable bonds is 6. The molecule has 1 saturated heterocycles. The fourth-order valence-electron chi connectivity index (χ4n) is 4.25. The molecule has 2 heterocycles. The zero-order chi connectivity index (χ0) is 25.7. The molecule has 1 aliphatic heterocycles. The first kappa shape index (κ1) is 25.9. The van der Waals surface area contributed by atoms with Crippen LogP contribution in [0.5, 0.6) is 0 Å². The van der Waals surface area contributed by atoms with Gasteiger partial charge in [-0.2, -0.15) is 0 Å². The second-order valence-corrected chi connectivity index (χ2v) is 9.51. The van der Waals surface area contributed by atoms with Gasteiger partial charge in [0.1, 0.15) is 5.56 Å². The number of carbonyl (C=O) groups excluding carboxylic acids is 1. The van der Waals surface area contributed by atoms with Crippen LogP contribution in [0.25, 0.3) is 10.9 Å². The van der Waals surface area contributed by atoms with Crippen molar-refractivity contribution in [3.8, 4) is 11.8 Å². The second kappa shape index (κ2) is 11.7. The third-order valence-electron chi connectivity index (χ3n) is 6.08. The summed E-state index contributed by atoms with van der Waals surface area (Å²) in [6, 6.07) is 11.0. The Labute approximate surface area is 215 Å². The topological polar surface area (TPSA) is 83.8 Å². The van der Waals surface area contributed by atoms with Crippen molar-refractivity contribution in [2.75, 3.05) is 26.3 Å². The Hall–Kier alpha value is -3.15. The van der Waals surface area contributed by atoms with E-state index in [4.69, 9.17) is 16.3 Å². The highest BCUT2D eigenvalue weighted by molar-refractivity contribution is 6.30. The molecule has 1 amide bonds. The fourth-order valence-corrected chi connectivity index (χ4v) is 4.37. The molecule has 1 fully saturated rings. The summed E-state index contributed by atoms with van der Waals surface area (Å²) >= 11 is 5.94. The fraction of sp³-hybridized carbons (Fsp3) is 0.357. The van der Waals surface area contributed by atoms with E-state index in [0.29, 0.717) is 47.7 Å². The van der Waals surface area contributed by atoms with Crippen molar-refractivity contribution in [3.05, 3.63) is 80.1 Å². The lowest BCUT2D eigenvalue weighted by Crippen LogP contribution is -2.35. The minimum atomic E-state index is -0.542. The van der Waals surface area contributed by atoms with Gasteiger partial charge in [-0.05, 0) is 42.3 Å². The van der Waals surface area contributed by atoms with E-state index >= 15 is 0 Å². The number of aromatic nitrogens is 1. The van der Waals surface area contributed by atoms with E-state index in [2.05, 4.69) is 22.1 Å². The molecule has 0 unspecified atom stereocenters. The van der Waals surface area contributed by atoms with Gasteiger partial charge in [0, 0.05) is 61.8 Å². The number of amides is 1. The highest BCUT2D eigenvalue weighted by atomic mass is 35.5. The molecule has 2 N–H and O–H groups in total. The van der Waals surface area contributed by atoms with Crippen molar-refractivity contribution >= 4 is 28.4 Å². The van der Waals surface area contributed by atoms with Crippen LogP contribution in [0.15, 0.2) is 47.4 Å². The number of morpholine rings is 1. The second-order valence-electron chi connectivity index (χ2n) is 9.07. The lowest BCUT2D eigenvalue weighted by atomic mass is 10.0. The Morgan fingerprint density at radius 3 is 2.61 bits per heavy atom. The smallest absolute Gasteiger partial charge is 0.257 e. The lowest BCUT2D eigenvalue weighted by molar-refractivity contribution is 0.0342. The largest absolute Gasteiger partial charge is 0.392 e. The maximum Gasteiger partial charge on any atom is 0.257 e. The third kappa shape index (κ3) is 6.34. The summed E-state index contributed by atoms with van der Waals surface area (Å²) < 4.78 is 7.23. The normalized spacial score (nSPS) is 14.8. The molecule has 2 aromatic carbocycles.